The largest absolute Gasteiger partial charge is 0.481 e. The van der Waals surface area contributed by atoms with Crippen LogP contribution in [0, 0.1) is 17.7 Å². The first-order valence-corrected chi connectivity index (χ1v) is 9.62. The Morgan fingerprint density at radius 3 is 2.31 bits per heavy atom. The lowest BCUT2D eigenvalue weighted by molar-refractivity contribution is -0.142. The van der Waals surface area contributed by atoms with Crippen LogP contribution in [0.1, 0.15) is 57.8 Å². The summed E-state index contributed by atoms with van der Waals surface area (Å²) in [6.45, 7) is 0. The molecule has 1 aromatic rings. The molecule has 142 valence electrons. The number of benzene rings is 1. The quantitative estimate of drug-likeness (QED) is 0.725. The van der Waals surface area contributed by atoms with Gasteiger partial charge in [-0.2, -0.15) is 0 Å². The van der Waals surface area contributed by atoms with Crippen molar-refractivity contribution in [1.82, 2.24) is 0 Å². The number of carbonyl (C=O) groups is 2. The monoisotopic (exact) mass is 362 g/mol. The van der Waals surface area contributed by atoms with Crippen molar-refractivity contribution in [3.8, 4) is 0 Å². The van der Waals surface area contributed by atoms with Crippen LogP contribution in [0.2, 0.25) is 0 Å². The molecule has 2 aliphatic carbocycles. The molecule has 0 saturated heterocycles. The number of rotatable bonds is 5. The molecule has 3 N–H and O–H groups in total. The SMILES string of the molecule is O=C(O)C1CCC(Nc2ccc(F)c(NC(=O)C3CCCCC3)c2)CC1. The van der Waals surface area contributed by atoms with E-state index in [1.54, 1.807) is 12.1 Å². The van der Waals surface area contributed by atoms with Gasteiger partial charge in [-0.3, -0.25) is 9.59 Å². The van der Waals surface area contributed by atoms with Crippen LogP contribution in [0.4, 0.5) is 15.8 Å². The van der Waals surface area contributed by atoms with E-state index in [-0.39, 0.29) is 29.5 Å². The molecule has 0 aromatic heterocycles. The topological polar surface area (TPSA) is 78.4 Å². The fourth-order valence-electron chi connectivity index (χ4n) is 4.03. The Morgan fingerprint density at radius 1 is 0.962 bits per heavy atom. The molecule has 5 nitrogen and oxygen atoms in total. The first-order valence-electron chi connectivity index (χ1n) is 9.62. The minimum absolute atomic E-state index is 0.0222. The number of hydrogen-bond acceptors (Lipinski definition) is 3. The van der Waals surface area contributed by atoms with E-state index in [2.05, 4.69) is 10.6 Å². The number of carbonyl (C=O) groups excluding carboxylic acids is 1. The lowest BCUT2D eigenvalue weighted by Crippen LogP contribution is -2.29. The lowest BCUT2D eigenvalue weighted by atomic mass is 9.86. The van der Waals surface area contributed by atoms with Gasteiger partial charge in [0.15, 0.2) is 0 Å². The first-order chi connectivity index (χ1) is 12.5. The van der Waals surface area contributed by atoms with Crippen molar-refractivity contribution in [3.05, 3.63) is 24.0 Å². The zero-order chi connectivity index (χ0) is 18.5. The van der Waals surface area contributed by atoms with Gasteiger partial charge in [-0.15, -0.1) is 0 Å². The van der Waals surface area contributed by atoms with Gasteiger partial charge in [0.2, 0.25) is 5.91 Å². The predicted molar refractivity (Wildman–Crippen MR) is 98.6 cm³/mol. The van der Waals surface area contributed by atoms with Crippen LogP contribution in [-0.4, -0.2) is 23.0 Å². The van der Waals surface area contributed by atoms with Gasteiger partial charge < -0.3 is 15.7 Å². The van der Waals surface area contributed by atoms with Gasteiger partial charge in [-0.1, -0.05) is 19.3 Å². The molecule has 3 rings (SSSR count). The fourth-order valence-corrected chi connectivity index (χ4v) is 4.03. The van der Waals surface area contributed by atoms with E-state index in [1.807, 2.05) is 0 Å². The summed E-state index contributed by atoms with van der Waals surface area (Å²) in [5.41, 5.74) is 0.967. The normalized spacial score (nSPS) is 24.0. The van der Waals surface area contributed by atoms with Gasteiger partial charge in [-0.25, -0.2) is 4.39 Å². The lowest BCUT2D eigenvalue weighted by Gasteiger charge is -2.28. The van der Waals surface area contributed by atoms with Crippen molar-refractivity contribution >= 4 is 23.3 Å². The van der Waals surface area contributed by atoms with E-state index < -0.39 is 11.8 Å². The van der Waals surface area contributed by atoms with Gasteiger partial charge in [0.25, 0.3) is 0 Å². The fraction of sp³-hybridized carbons (Fsp3) is 0.600. The van der Waals surface area contributed by atoms with E-state index in [4.69, 9.17) is 5.11 Å². The van der Waals surface area contributed by atoms with Gasteiger partial charge in [-0.05, 0) is 56.7 Å². The number of halogens is 1. The predicted octanol–water partition coefficient (Wildman–Crippen LogP) is 4.40. The van der Waals surface area contributed by atoms with E-state index in [9.17, 15) is 14.0 Å². The molecule has 0 heterocycles. The third-order valence-electron chi connectivity index (χ3n) is 5.65. The van der Waals surface area contributed by atoms with Crippen molar-refractivity contribution in [2.45, 2.75) is 63.8 Å². The van der Waals surface area contributed by atoms with Crippen LogP contribution in [0.25, 0.3) is 0 Å². The molecule has 0 radical (unpaired) electrons. The summed E-state index contributed by atoms with van der Waals surface area (Å²) in [6.07, 6.45) is 7.88. The molecule has 6 heteroatoms. The number of anilines is 2. The Balaban J connectivity index is 1.59. The Kier molecular flexibility index (Phi) is 6.12. The van der Waals surface area contributed by atoms with E-state index >= 15 is 0 Å². The van der Waals surface area contributed by atoms with Gasteiger partial charge >= 0.3 is 5.97 Å². The maximum absolute atomic E-state index is 14.1. The minimum Gasteiger partial charge on any atom is -0.481 e. The molecular formula is C20H27FN2O3. The highest BCUT2D eigenvalue weighted by Crippen LogP contribution is 2.29. The molecule has 2 fully saturated rings. The van der Waals surface area contributed by atoms with Crippen molar-refractivity contribution in [2.24, 2.45) is 11.8 Å². The van der Waals surface area contributed by atoms with Crippen molar-refractivity contribution in [2.75, 3.05) is 10.6 Å². The third kappa shape index (κ3) is 4.74. The Hall–Kier alpha value is -2.11. The average Bonchev–Trinajstić information content (AvgIpc) is 2.65. The highest BCUT2D eigenvalue weighted by Gasteiger charge is 2.26. The Bertz CT molecular complexity index is 650. The molecule has 2 aliphatic rings. The summed E-state index contributed by atoms with van der Waals surface area (Å²) in [6, 6.07) is 4.84. The van der Waals surface area contributed by atoms with E-state index in [0.29, 0.717) is 12.8 Å². The number of hydrogen-bond donors (Lipinski definition) is 3. The molecule has 0 atom stereocenters. The molecule has 26 heavy (non-hydrogen) atoms. The second-order valence-corrected chi connectivity index (χ2v) is 7.55. The highest BCUT2D eigenvalue weighted by atomic mass is 19.1. The zero-order valence-electron chi connectivity index (χ0n) is 15.0. The van der Waals surface area contributed by atoms with Crippen LogP contribution in [0.5, 0.6) is 0 Å². The Morgan fingerprint density at radius 2 is 1.65 bits per heavy atom. The first kappa shape index (κ1) is 18.7. The summed E-state index contributed by atoms with van der Waals surface area (Å²) in [5.74, 6) is -1.53. The number of amides is 1. The van der Waals surface area contributed by atoms with E-state index in [1.165, 1.54) is 12.5 Å². The average molecular weight is 362 g/mol. The molecule has 0 aliphatic heterocycles. The molecule has 1 amide bonds. The molecule has 0 bridgehead atoms. The van der Waals surface area contributed by atoms with Gasteiger partial charge in [0, 0.05) is 17.6 Å². The maximum atomic E-state index is 14.1. The molecular weight excluding hydrogens is 335 g/mol. The number of carboxylic acids is 1. The molecule has 0 spiro atoms. The molecule has 0 unspecified atom stereocenters. The summed E-state index contributed by atoms with van der Waals surface area (Å²) < 4.78 is 14.1. The standard InChI is InChI=1S/C20H27FN2O3/c21-17-11-10-16(22-15-8-6-14(7-9-15)20(25)26)12-18(17)23-19(24)13-4-2-1-3-5-13/h10-15,22H,1-9H2,(H,23,24)(H,25,26). The zero-order valence-corrected chi connectivity index (χ0v) is 15.0. The summed E-state index contributed by atoms with van der Waals surface area (Å²) >= 11 is 0. The van der Waals surface area contributed by atoms with Crippen molar-refractivity contribution in [3.63, 3.8) is 0 Å². The summed E-state index contributed by atoms with van der Waals surface area (Å²) in [7, 11) is 0. The minimum atomic E-state index is -0.724. The summed E-state index contributed by atoms with van der Waals surface area (Å²) in [4.78, 5) is 23.4. The van der Waals surface area contributed by atoms with Crippen molar-refractivity contribution < 1.29 is 19.1 Å². The van der Waals surface area contributed by atoms with Crippen LogP contribution < -0.4 is 10.6 Å². The van der Waals surface area contributed by atoms with Crippen LogP contribution in [-0.2, 0) is 9.59 Å². The third-order valence-corrected chi connectivity index (χ3v) is 5.65. The summed E-state index contributed by atoms with van der Waals surface area (Å²) in [5, 5.41) is 15.2. The second-order valence-electron chi connectivity index (χ2n) is 7.55. The highest BCUT2D eigenvalue weighted by molar-refractivity contribution is 5.93. The maximum Gasteiger partial charge on any atom is 0.306 e. The van der Waals surface area contributed by atoms with Gasteiger partial charge in [0.1, 0.15) is 5.82 Å². The van der Waals surface area contributed by atoms with E-state index in [0.717, 1.165) is 44.2 Å². The Labute approximate surface area is 153 Å². The van der Waals surface area contributed by atoms with Crippen molar-refractivity contribution in [1.29, 1.82) is 0 Å². The smallest absolute Gasteiger partial charge is 0.306 e. The van der Waals surface area contributed by atoms with Crippen LogP contribution in [0.3, 0.4) is 0 Å². The second kappa shape index (κ2) is 8.52. The van der Waals surface area contributed by atoms with Gasteiger partial charge in [0.05, 0.1) is 11.6 Å². The number of nitrogens with one attached hydrogen (secondary N) is 2. The molecule has 1 aromatic carbocycles. The number of aliphatic carboxylic acids is 1. The molecule has 2 saturated carbocycles. The van der Waals surface area contributed by atoms with Crippen LogP contribution >= 0.6 is 0 Å². The number of carboxylic acid groups (broad SMARTS) is 1. The van der Waals surface area contributed by atoms with Crippen LogP contribution in [0.15, 0.2) is 18.2 Å².